The quantitative estimate of drug-likeness (QED) is 0.100. The average molecular weight is 641 g/mol. The topological polar surface area (TPSA) is 206 Å². The van der Waals surface area contributed by atoms with Gasteiger partial charge in [-0.25, -0.2) is 4.79 Å². The highest BCUT2D eigenvalue weighted by atomic mass is 16.5. The minimum absolute atomic E-state index is 0.0808. The molecule has 1 aromatic carbocycles. The van der Waals surface area contributed by atoms with Crippen LogP contribution in [0.15, 0.2) is 36.4 Å². The lowest BCUT2D eigenvalue weighted by atomic mass is 9.78. The fourth-order valence-electron chi connectivity index (χ4n) is 5.26. The van der Waals surface area contributed by atoms with Crippen molar-refractivity contribution < 1.29 is 38.3 Å². The Kier molecular flexibility index (Phi) is 13.1. The number of urea groups is 1. The van der Waals surface area contributed by atoms with E-state index in [-0.39, 0.29) is 31.9 Å². The van der Waals surface area contributed by atoms with E-state index in [4.69, 9.17) is 10.5 Å². The van der Waals surface area contributed by atoms with Crippen LogP contribution >= 0.6 is 0 Å². The Balaban J connectivity index is 2.16. The van der Waals surface area contributed by atoms with Crippen LogP contribution in [-0.4, -0.2) is 78.3 Å². The molecule has 1 unspecified atom stereocenters. The smallest absolute Gasteiger partial charge is 0.312 e. The second-order valence-electron chi connectivity index (χ2n) is 12.9. The highest BCUT2D eigenvalue weighted by molar-refractivity contribution is 6.55. The van der Waals surface area contributed by atoms with Crippen molar-refractivity contribution in [2.45, 2.75) is 85.0 Å². The largest absolute Gasteiger partial charge is 0.469 e. The predicted octanol–water partition coefficient (Wildman–Crippen LogP) is 1.09. The number of anilines is 1. The molecule has 0 radical (unpaired) electrons. The third kappa shape index (κ3) is 11.0. The Morgan fingerprint density at radius 3 is 2.04 bits per heavy atom. The molecule has 46 heavy (non-hydrogen) atoms. The van der Waals surface area contributed by atoms with Gasteiger partial charge in [0.05, 0.1) is 0 Å². The van der Waals surface area contributed by atoms with Crippen molar-refractivity contribution in [3.8, 4) is 0 Å². The van der Waals surface area contributed by atoms with Crippen molar-refractivity contribution in [2.24, 2.45) is 17.1 Å². The van der Waals surface area contributed by atoms with Crippen LogP contribution < -0.4 is 27.0 Å². The minimum Gasteiger partial charge on any atom is -0.469 e. The number of carbonyl (C=O) groups is 7. The molecule has 0 aliphatic carbocycles. The maximum Gasteiger partial charge on any atom is 0.312 e. The molecule has 1 heterocycles. The molecule has 14 nitrogen and oxygen atoms in total. The van der Waals surface area contributed by atoms with Gasteiger partial charge in [0.1, 0.15) is 18.7 Å². The van der Waals surface area contributed by atoms with Crippen molar-refractivity contribution in [1.82, 2.24) is 20.9 Å². The first kappa shape index (κ1) is 37.5. The van der Waals surface area contributed by atoms with Gasteiger partial charge >= 0.3 is 6.03 Å². The molecule has 1 aliphatic rings. The average Bonchev–Trinajstić information content (AvgIpc) is 3.30. The highest BCUT2D eigenvalue weighted by Crippen LogP contribution is 2.34. The Labute approximate surface area is 270 Å². The summed E-state index contributed by atoms with van der Waals surface area (Å²) in [5.41, 5.74) is 4.20. The second kappa shape index (κ2) is 16.0. The molecule has 1 aromatic rings. The molecule has 2 atom stereocenters. The van der Waals surface area contributed by atoms with E-state index in [1.165, 1.54) is 20.0 Å². The number of hydrogen-bond acceptors (Lipinski definition) is 8. The summed E-state index contributed by atoms with van der Waals surface area (Å²) >= 11 is 0. The number of ether oxygens (including phenoxy) is 1. The predicted molar refractivity (Wildman–Crippen MR) is 173 cm³/mol. The number of benzene rings is 1. The van der Waals surface area contributed by atoms with E-state index in [1.54, 1.807) is 65.8 Å². The fraction of sp³-hybridized carbons (Fsp3) is 0.516. The molecule has 2 rings (SSSR count). The monoisotopic (exact) mass is 640 g/mol. The molecular weight excluding hydrogens is 595 g/mol. The molecule has 6 N–H and O–H groups in total. The molecule has 0 saturated heterocycles. The van der Waals surface area contributed by atoms with Gasteiger partial charge in [-0.1, -0.05) is 39.8 Å². The summed E-state index contributed by atoms with van der Waals surface area (Å²) in [6.45, 7) is 10.5. The third-order valence-electron chi connectivity index (χ3n) is 7.40. The lowest BCUT2D eigenvalue weighted by Gasteiger charge is -2.40. The number of rotatable bonds is 16. The van der Waals surface area contributed by atoms with Gasteiger partial charge < -0.3 is 31.7 Å². The molecule has 7 amide bonds. The SMILES string of the molecule is BC(=O)OCc1ccc(NC(=O)[C@H](CCCNC(N)=O)NC(=O)C(NC(=O)C(C)(C)CC(C)(C)N2C(=O)C=CC2=O)C(C)C)cc1. The first-order valence-electron chi connectivity index (χ1n) is 15.1. The van der Waals surface area contributed by atoms with Crippen molar-refractivity contribution in [2.75, 3.05) is 11.9 Å². The van der Waals surface area contributed by atoms with Gasteiger partial charge in [0, 0.05) is 35.3 Å². The Morgan fingerprint density at radius 1 is 0.935 bits per heavy atom. The minimum atomic E-state index is -1.10. The summed E-state index contributed by atoms with van der Waals surface area (Å²) in [7, 11) is 1.30. The summed E-state index contributed by atoms with van der Waals surface area (Å²) in [6.07, 6.45) is 2.95. The summed E-state index contributed by atoms with van der Waals surface area (Å²) in [6, 6.07) is 3.85. The fourth-order valence-corrected chi connectivity index (χ4v) is 5.26. The maximum absolute atomic E-state index is 13.6. The van der Waals surface area contributed by atoms with Crippen LogP contribution in [0.5, 0.6) is 0 Å². The zero-order valence-corrected chi connectivity index (χ0v) is 27.5. The van der Waals surface area contributed by atoms with Crippen LogP contribution in [-0.2, 0) is 35.3 Å². The normalized spacial score (nSPS) is 14.5. The molecule has 0 fully saturated rings. The van der Waals surface area contributed by atoms with E-state index in [9.17, 15) is 33.6 Å². The van der Waals surface area contributed by atoms with Crippen LogP contribution in [0.3, 0.4) is 0 Å². The van der Waals surface area contributed by atoms with E-state index in [1.807, 2.05) is 0 Å². The zero-order valence-electron chi connectivity index (χ0n) is 27.5. The van der Waals surface area contributed by atoms with E-state index in [2.05, 4.69) is 21.3 Å². The number of carbonyl (C=O) groups excluding carboxylic acids is 7. The van der Waals surface area contributed by atoms with Crippen LogP contribution in [0.1, 0.15) is 66.4 Å². The summed E-state index contributed by atoms with van der Waals surface area (Å²) < 4.78 is 4.97. The lowest BCUT2D eigenvalue weighted by Crippen LogP contribution is -2.57. The van der Waals surface area contributed by atoms with E-state index in [0.29, 0.717) is 17.7 Å². The van der Waals surface area contributed by atoms with Gasteiger partial charge in [0.25, 0.3) is 11.8 Å². The van der Waals surface area contributed by atoms with Gasteiger partial charge in [-0.2, -0.15) is 0 Å². The Bertz CT molecular complexity index is 1340. The van der Waals surface area contributed by atoms with Crippen LogP contribution in [0.25, 0.3) is 0 Å². The van der Waals surface area contributed by atoms with Crippen molar-refractivity contribution in [1.29, 1.82) is 0 Å². The standard InChI is InChI=1S/C31H45BN6O8/c1-18(2)24(37-27(43)30(3,4)17-31(5,6)38-22(39)13-14-23(38)40)26(42)36-21(8-7-15-34-29(33)45)25(41)35-20-11-9-19(10-12-20)16-46-28(32)44/h9-14,18,21,24H,7-8,15-17,32H2,1-6H3,(H,35,41)(H,36,42)(H,37,43)(H3,33,34,45)/t21-,24?/m0/s1. The Hall–Kier alpha value is -4.69. The maximum atomic E-state index is 13.6. The number of primary amides is 1. The number of nitrogens with one attached hydrogen (secondary N) is 4. The molecule has 250 valence electrons. The van der Waals surface area contributed by atoms with E-state index in [0.717, 1.165) is 4.90 Å². The summed E-state index contributed by atoms with van der Waals surface area (Å²) in [4.78, 5) is 88.3. The number of amides is 7. The second-order valence-corrected chi connectivity index (χ2v) is 12.9. The van der Waals surface area contributed by atoms with Gasteiger partial charge in [-0.15, -0.1) is 0 Å². The molecule has 15 heteroatoms. The molecular formula is C31H45BN6O8. The molecule has 0 bridgehead atoms. The first-order chi connectivity index (χ1) is 21.3. The summed E-state index contributed by atoms with van der Waals surface area (Å²) in [5, 5.41) is 10.7. The third-order valence-corrected chi connectivity index (χ3v) is 7.40. The van der Waals surface area contributed by atoms with E-state index >= 15 is 0 Å². The van der Waals surface area contributed by atoms with Crippen molar-refractivity contribution in [3.63, 3.8) is 0 Å². The van der Waals surface area contributed by atoms with Gasteiger partial charge in [0.2, 0.25) is 31.4 Å². The first-order valence-corrected chi connectivity index (χ1v) is 15.1. The van der Waals surface area contributed by atoms with Crippen molar-refractivity contribution >= 4 is 55.0 Å². The van der Waals surface area contributed by atoms with Crippen LogP contribution in [0, 0.1) is 11.3 Å². The zero-order chi connectivity index (χ0) is 34.8. The molecule has 0 saturated carbocycles. The number of nitrogens with two attached hydrogens (primary N) is 1. The Morgan fingerprint density at radius 2 is 1.52 bits per heavy atom. The number of nitrogens with zero attached hydrogens (tertiary/aromatic N) is 1. The molecule has 0 spiro atoms. The van der Waals surface area contributed by atoms with E-state index < -0.39 is 64.5 Å². The number of hydrogen-bond donors (Lipinski definition) is 5. The van der Waals surface area contributed by atoms with Gasteiger partial charge in [0.15, 0.2) is 0 Å². The van der Waals surface area contributed by atoms with Gasteiger partial charge in [-0.3, -0.25) is 33.7 Å². The highest BCUT2D eigenvalue weighted by Gasteiger charge is 2.44. The lowest BCUT2D eigenvalue weighted by molar-refractivity contribution is -0.146. The summed E-state index contributed by atoms with van der Waals surface area (Å²) in [5.74, 6) is -3.29. The van der Waals surface area contributed by atoms with Crippen LogP contribution in [0.4, 0.5) is 15.3 Å². The molecule has 0 aromatic heterocycles. The van der Waals surface area contributed by atoms with Crippen LogP contribution in [0.2, 0.25) is 0 Å². The van der Waals surface area contributed by atoms with Gasteiger partial charge in [-0.05, 0) is 56.7 Å². The molecule has 1 aliphatic heterocycles. The van der Waals surface area contributed by atoms with Crippen molar-refractivity contribution in [3.05, 3.63) is 42.0 Å². The number of imide groups is 1.